The standard InChI is InChI=1S/C16H18N2O2/c1-9(2)8-11-14-13(16(20)17-11)15(19)10-6-4-5-7-12(10)18(14)3/h4-7,9,11H,8H2,1-3H3,(H,17,20)/t11-/m1/s1. The molecular formula is C16H18N2O2. The smallest absolute Gasteiger partial charge is 0.257 e. The van der Waals surface area contributed by atoms with Gasteiger partial charge in [0, 0.05) is 12.4 Å². The minimum atomic E-state index is -0.239. The number of nitrogens with zero attached hydrogens (tertiary/aromatic N) is 1. The van der Waals surface area contributed by atoms with Crippen LogP contribution < -0.4 is 10.7 Å². The van der Waals surface area contributed by atoms with Gasteiger partial charge in [-0.1, -0.05) is 26.0 Å². The molecular weight excluding hydrogens is 252 g/mol. The van der Waals surface area contributed by atoms with Crippen molar-refractivity contribution in [2.45, 2.75) is 26.3 Å². The molecule has 2 heterocycles. The van der Waals surface area contributed by atoms with Crippen LogP contribution in [0.3, 0.4) is 0 Å². The lowest BCUT2D eigenvalue weighted by Gasteiger charge is -2.18. The second-order valence-electron chi connectivity index (χ2n) is 5.82. The molecule has 0 aliphatic carbocycles. The predicted octanol–water partition coefficient (Wildman–Crippen LogP) is 2.37. The zero-order valence-electron chi connectivity index (χ0n) is 11.9. The number of nitrogens with one attached hydrogen (secondary N) is 1. The van der Waals surface area contributed by atoms with Crippen LogP contribution in [0.1, 0.15) is 42.4 Å². The summed E-state index contributed by atoms with van der Waals surface area (Å²) in [6.45, 7) is 4.23. The average molecular weight is 270 g/mol. The number of hydrogen-bond acceptors (Lipinski definition) is 2. The summed E-state index contributed by atoms with van der Waals surface area (Å²) in [5, 5.41) is 3.55. The second kappa shape index (κ2) is 4.47. The number of hydrogen-bond donors (Lipinski definition) is 1. The summed E-state index contributed by atoms with van der Waals surface area (Å²) in [5.74, 6) is 0.213. The first kappa shape index (κ1) is 12.9. The molecule has 1 aromatic carbocycles. The lowest BCUT2D eigenvalue weighted by molar-refractivity contribution is 0.0952. The Labute approximate surface area is 117 Å². The molecule has 0 saturated carbocycles. The van der Waals surface area contributed by atoms with Gasteiger partial charge in [-0.25, -0.2) is 0 Å². The fourth-order valence-electron chi connectivity index (χ4n) is 3.07. The van der Waals surface area contributed by atoms with E-state index in [2.05, 4.69) is 19.2 Å². The van der Waals surface area contributed by atoms with Crippen molar-refractivity contribution in [3.05, 3.63) is 45.7 Å². The maximum atomic E-state index is 12.5. The van der Waals surface area contributed by atoms with Gasteiger partial charge in [0.05, 0.1) is 17.3 Å². The molecule has 0 saturated heterocycles. The minimum Gasteiger partial charge on any atom is -0.345 e. The van der Waals surface area contributed by atoms with Gasteiger partial charge in [-0.15, -0.1) is 0 Å². The highest BCUT2D eigenvalue weighted by atomic mass is 16.2. The summed E-state index contributed by atoms with van der Waals surface area (Å²) in [6, 6.07) is 7.37. The first-order valence-corrected chi connectivity index (χ1v) is 6.93. The van der Waals surface area contributed by atoms with Gasteiger partial charge >= 0.3 is 0 Å². The molecule has 1 N–H and O–H groups in total. The van der Waals surface area contributed by atoms with E-state index in [1.807, 2.05) is 29.8 Å². The summed E-state index contributed by atoms with van der Waals surface area (Å²) >= 11 is 0. The Bertz CT molecular complexity index is 759. The quantitative estimate of drug-likeness (QED) is 0.910. The number of fused-ring (bicyclic) bond motifs is 2. The Morgan fingerprint density at radius 2 is 1.95 bits per heavy atom. The molecule has 20 heavy (non-hydrogen) atoms. The van der Waals surface area contributed by atoms with Gasteiger partial charge in [-0.3, -0.25) is 9.59 Å². The van der Waals surface area contributed by atoms with E-state index in [-0.39, 0.29) is 17.4 Å². The zero-order valence-corrected chi connectivity index (χ0v) is 11.9. The van der Waals surface area contributed by atoms with E-state index in [9.17, 15) is 9.59 Å². The van der Waals surface area contributed by atoms with E-state index in [1.165, 1.54) is 0 Å². The number of aromatic nitrogens is 1. The molecule has 4 heteroatoms. The van der Waals surface area contributed by atoms with E-state index < -0.39 is 0 Å². The van der Waals surface area contributed by atoms with Crippen molar-refractivity contribution in [1.29, 1.82) is 0 Å². The van der Waals surface area contributed by atoms with Crippen LogP contribution in [-0.2, 0) is 7.05 Å². The molecule has 1 aliphatic heterocycles. The molecule has 0 unspecified atom stereocenters. The van der Waals surface area contributed by atoms with Crippen LogP contribution in [0.4, 0.5) is 0 Å². The molecule has 4 nitrogen and oxygen atoms in total. The summed E-state index contributed by atoms with van der Waals surface area (Å²) in [7, 11) is 1.92. The summed E-state index contributed by atoms with van der Waals surface area (Å²) < 4.78 is 1.98. The normalized spacial score (nSPS) is 17.6. The molecule has 1 aromatic heterocycles. The summed E-state index contributed by atoms with van der Waals surface area (Å²) in [6.07, 6.45) is 0.838. The van der Waals surface area contributed by atoms with Crippen LogP contribution in [0.25, 0.3) is 10.9 Å². The zero-order chi connectivity index (χ0) is 14.4. The first-order valence-electron chi connectivity index (χ1n) is 6.93. The van der Waals surface area contributed by atoms with Crippen LogP contribution in [0.15, 0.2) is 29.1 Å². The van der Waals surface area contributed by atoms with Crippen LogP contribution in [0.5, 0.6) is 0 Å². The van der Waals surface area contributed by atoms with Crippen LogP contribution in [-0.4, -0.2) is 10.5 Å². The van der Waals surface area contributed by atoms with Gasteiger partial charge in [0.1, 0.15) is 5.56 Å². The molecule has 1 atom stereocenters. The molecule has 0 radical (unpaired) electrons. The largest absolute Gasteiger partial charge is 0.345 e. The highest BCUT2D eigenvalue weighted by Crippen LogP contribution is 2.30. The van der Waals surface area contributed by atoms with E-state index in [0.717, 1.165) is 17.6 Å². The van der Waals surface area contributed by atoms with E-state index >= 15 is 0 Å². The van der Waals surface area contributed by atoms with Crippen molar-refractivity contribution in [2.75, 3.05) is 0 Å². The van der Waals surface area contributed by atoms with Crippen molar-refractivity contribution in [3.63, 3.8) is 0 Å². The fraction of sp³-hybridized carbons (Fsp3) is 0.375. The minimum absolute atomic E-state index is 0.0696. The van der Waals surface area contributed by atoms with Gasteiger partial charge in [0.25, 0.3) is 5.91 Å². The highest BCUT2D eigenvalue weighted by molar-refractivity contribution is 6.01. The lowest BCUT2D eigenvalue weighted by Crippen LogP contribution is -2.22. The van der Waals surface area contributed by atoms with E-state index in [4.69, 9.17) is 0 Å². The second-order valence-corrected chi connectivity index (χ2v) is 5.82. The van der Waals surface area contributed by atoms with Crippen LogP contribution >= 0.6 is 0 Å². The number of carbonyl (C=O) groups excluding carboxylic acids is 1. The van der Waals surface area contributed by atoms with Gasteiger partial charge in [0.2, 0.25) is 5.43 Å². The van der Waals surface area contributed by atoms with Crippen LogP contribution in [0, 0.1) is 5.92 Å². The Balaban J connectivity index is 2.34. The predicted molar refractivity (Wildman–Crippen MR) is 78.9 cm³/mol. The van der Waals surface area contributed by atoms with Gasteiger partial charge in [0.15, 0.2) is 0 Å². The van der Waals surface area contributed by atoms with Crippen molar-refractivity contribution in [1.82, 2.24) is 9.88 Å². The Morgan fingerprint density at radius 1 is 1.25 bits per heavy atom. The molecule has 3 rings (SSSR count). The van der Waals surface area contributed by atoms with E-state index in [1.54, 1.807) is 6.07 Å². The Hall–Kier alpha value is -2.10. The molecule has 1 aliphatic rings. The van der Waals surface area contributed by atoms with Crippen molar-refractivity contribution < 1.29 is 4.79 Å². The van der Waals surface area contributed by atoms with Gasteiger partial charge < -0.3 is 9.88 Å². The molecule has 2 aromatic rings. The topological polar surface area (TPSA) is 51.1 Å². The monoisotopic (exact) mass is 270 g/mol. The summed E-state index contributed by atoms with van der Waals surface area (Å²) in [4.78, 5) is 24.7. The summed E-state index contributed by atoms with van der Waals surface area (Å²) in [5.41, 5.74) is 1.86. The maximum absolute atomic E-state index is 12.5. The number of aryl methyl sites for hydroxylation is 1. The third kappa shape index (κ3) is 1.75. The van der Waals surface area contributed by atoms with Crippen LogP contribution in [0.2, 0.25) is 0 Å². The van der Waals surface area contributed by atoms with Crippen molar-refractivity contribution in [2.24, 2.45) is 13.0 Å². The number of para-hydroxylation sites is 1. The van der Waals surface area contributed by atoms with Gasteiger partial charge in [-0.05, 0) is 24.5 Å². The molecule has 0 fully saturated rings. The fourth-order valence-corrected chi connectivity index (χ4v) is 3.07. The molecule has 1 amide bonds. The number of carbonyl (C=O) groups is 1. The highest BCUT2D eigenvalue weighted by Gasteiger charge is 2.34. The van der Waals surface area contributed by atoms with Crippen molar-refractivity contribution >= 4 is 16.8 Å². The van der Waals surface area contributed by atoms with E-state index in [0.29, 0.717) is 16.9 Å². The number of amides is 1. The Kier molecular flexibility index (Phi) is 2.89. The maximum Gasteiger partial charge on any atom is 0.257 e. The SMILES string of the molecule is CC(C)C[C@H]1NC(=O)c2c1n(C)c1ccccc1c2=O. The number of benzene rings is 1. The number of pyridine rings is 1. The van der Waals surface area contributed by atoms with Gasteiger partial charge in [-0.2, -0.15) is 0 Å². The lowest BCUT2D eigenvalue weighted by atomic mass is 9.99. The third-order valence-corrected chi connectivity index (χ3v) is 3.92. The third-order valence-electron chi connectivity index (χ3n) is 3.92. The van der Waals surface area contributed by atoms with Crippen molar-refractivity contribution in [3.8, 4) is 0 Å². The Morgan fingerprint density at radius 3 is 2.65 bits per heavy atom. The molecule has 0 spiro atoms. The average Bonchev–Trinajstić information content (AvgIpc) is 2.72. The first-order chi connectivity index (χ1) is 9.50. The number of rotatable bonds is 2. The molecule has 104 valence electrons. The molecule has 0 bridgehead atoms.